The molecule has 1 aliphatic heterocycles. The Morgan fingerprint density at radius 3 is 2.83 bits per heavy atom. The SMILES string of the molecule is CC#Cc1cc2cnc(Nc3ccc(C4=CCNCC4)cc3)nc2n(Cc2occc2CC)c1=O. The van der Waals surface area contributed by atoms with Gasteiger partial charge in [0.05, 0.1) is 18.4 Å². The summed E-state index contributed by atoms with van der Waals surface area (Å²) in [6.07, 6.45) is 7.45. The van der Waals surface area contributed by atoms with Crippen molar-refractivity contribution in [1.82, 2.24) is 19.9 Å². The number of hydrogen-bond acceptors (Lipinski definition) is 6. The van der Waals surface area contributed by atoms with E-state index in [0.717, 1.165) is 48.3 Å². The molecule has 0 amide bonds. The highest BCUT2D eigenvalue weighted by molar-refractivity contribution is 5.78. The average Bonchev–Trinajstić information content (AvgIpc) is 3.35. The monoisotopic (exact) mass is 465 g/mol. The zero-order chi connectivity index (χ0) is 24.2. The number of nitrogens with one attached hydrogen (secondary N) is 2. The molecule has 7 nitrogen and oxygen atoms in total. The third-order valence-corrected chi connectivity index (χ3v) is 6.18. The Labute approximate surface area is 203 Å². The van der Waals surface area contributed by atoms with E-state index in [1.807, 2.05) is 18.2 Å². The van der Waals surface area contributed by atoms with Gasteiger partial charge in [0.2, 0.25) is 5.95 Å². The van der Waals surface area contributed by atoms with Gasteiger partial charge in [0.15, 0.2) is 0 Å². The number of benzene rings is 1. The highest BCUT2D eigenvalue weighted by Crippen LogP contribution is 2.23. The molecule has 0 spiro atoms. The van der Waals surface area contributed by atoms with Gasteiger partial charge < -0.3 is 15.1 Å². The van der Waals surface area contributed by atoms with Crippen molar-refractivity contribution in [2.24, 2.45) is 0 Å². The molecule has 0 aliphatic carbocycles. The lowest BCUT2D eigenvalue weighted by Crippen LogP contribution is -2.24. The van der Waals surface area contributed by atoms with Gasteiger partial charge in [0.1, 0.15) is 11.4 Å². The van der Waals surface area contributed by atoms with Crippen LogP contribution in [0.2, 0.25) is 0 Å². The molecule has 4 aromatic rings. The molecule has 4 heterocycles. The van der Waals surface area contributed by atoms with Crippen molar-refractivity contribution >= 4 is 28.2 Å². The van der Waals surface area contributed by atoms with Crippen molar-refractivity contribution in [2.45, 2.75) is 33.2 Å². The third-order valence-electron chi connectivity index (χ3n) is 6.18. The van der Waals surface area contributed by atoms with E-state index in [2.05, 4.69) is 52.6 Å². The normalized spacial score (nSPS) is 13.3. The smallest absolute Gasteiger partial charge is 0.268 e. The molecule has 0 saturated carbocycles. The van der Waals surface area contributed by atoms with Crippen molar-refractivity contribution in [2.75, 3.05) is 18.4 Å². The molecular weight excluding hydrogens is 438 g/mol. The van der Waals surface area contributed by atoms with Crippen LogP contribution >= 0.6 is 0 Å². The zero-order valence-corrected chi connectivity index (χ0v) is 19.9. The molecule has 1 aromatic carbocycles. The van der Waals surface area contributed by atoms with Crippen molar-refractivity contribution in [3.05, 3.63) is 87.7 Å². The second kappa shape index (κ2) is 10.00. The first-order chi connectivity index (χ1) is 17.2. The molecule has 0 unspecified atom stereocenters. The third kappa shape index (κ3) is 4.75. The van der Waals surface area contributed by atoms with E-state index >= 15 is 0 Å². The first-order valence-corrected chi connectivity index (χ1v) is 11.8. The van der Waals surface area contributed by atoms with Crippen molar-refractivity contribution in [3.8, 4) is 11.8 Å². The molecule has 1 aliphatic rings. The number of furan rings is 1. The van der Waals surface area contributed by atoms with Gasteiger partial charge in [0.25, 0.3) is 5.56 Å². The summed E-state index contributed by atoms with van der Waals surface area (Å²) in [6, 6.07) is 11.9. The predicted molar refractivity (Wildman–Crippen MR) is 139 cm³/mol. The van der Waals surface area contributed by atoms with Crippen LogP contribution < -0.4 is 16.2 Å². The van der Waals surface area contributed by atoms with Crippen LogP contribution in [0.3, 0.4) is 0 Å². The van der Waals surface area contributed by atoms with Gasteiger partial charge in [-0.2, -0.15) is 4.98 Å². The summed E-state index contributed by atoms with van der Waals surface area (Å²) in [5, 5.41) is 7.35. The Morgan fingerprint density at radius 2 is 2.09 bits per heavy atom. The first kappa shape index (κ1) is 22.6. The van der Waals surface area contributed by atoms with Crippen LogP contribution in [0.5, 0.6) is 0 Å². The lowest BCUT2D eigenvalue weighted by Gasteiger charge is -2.15. The summed E-state index contributed by atoms with van der Waals surface area (Å²) in [4.78, 5) is 22.5. The van der Waals surface area contributed by atoms with Gasteiger partial charge in [-0.1, -0.05) is 31.1 Å². The summed E-state index contributed by atoms with van der Waals surface area (Å²) >= 11 is 0. The van der Waals surface area contributed by atoms with Crippen LogP contribution in [0.1, 0.15) is 42.7 Å². The fraction of sp³-hybridized carbons (Fsp3) is 0.250. The minimum atomic E-state index is -0.199. The Bertz CT molecular complexity index is 1520. The number of nitrogens with zero attached hydrogens (tertiary/aromatic N) is 3. The Balaban J connectivity index is 1.50. The lowest BCUT2D eigenvalue weighted by molar-refractivity contribution is 0.488. The van der Waals surface area contributed by atoms with Crippen molar-refractivity contribution in [1.29, 1.82) is 0 Å². The molecule has 0 fully saturated rings. The summed E-state index contributed by atoms with van der Waals surface area (Å²) in [7, 11) is 0. The molecular formula is C28H27N5O2. The largest absolute Gasteiger partial charge is 0.467 e. The molecule has 0 bridgehead atoms. The average molecular weight is 466 g/mol. The number of rotatable bonds is 6. The Morgan fingerprint density at radius 1 is 1.23 bits per heavy atom. The van der Waals surface area contributed by atoms with E-state index < -0.39 is 0 Å². The molecule has 3 aromatic heterocycles. The zero-order valence-electron chi connectivity index (χ0n) is 19.9. The molecule has 0 radical (unpaired) electrons. The van der Waals surface area contributed by atoms with Gasteiger partial charge in [-0.25, -0.2) is 4.98 Å². The summed E-state index contributed by atoms with van der Waals surface area (Å²) in [5.41, 5.74) is 5.27. The number of fused-ring (bicyclic) bond motifs is 1. The molecule has 7 heteroatoms. The molecule has 5 rings (SSSR count). The fourth-order valence-corrected chi connectivity index (χ4v) is 4.34. The van der Waals surface area contributed by atoms with E-state index in [-0.39, 0.29) is 12.1 Å². The molecule has 0 atom stereocenters. The van der Waals surface area contributed by atoms with Crippen molar-refractivity contribution < 1.29 is 4.42 Å². The van der Waals surface area contributed by atoms with Crippen LogP contribution in [0.15, 0.2) is 64.1 Å². The predicted octanol–water partition coefficient (Wildman–Crippen LogP) is 4.49. The van der Waals surface area contributed by atoms with E-state index in [1.165, 1.54) is 11.1 Å². The van der Waals surface area contributed by atoms with Crippen LogP contribution in [-0.4, -0.2) is 27.6 Å². The number of aryl methyl sites for hydroxylation is 1. The van der Waals surface area contributed by atoms with Gasteiger partial charge in [0, 0.05) is 23.8 Å². The molecule has 2 N–H and O–H groups in total. The van der Waals surface area contributed by atoms with E-state index in [4.69, 9.17) is 9.40 Å². The summed E-state index contributed by atoms with van der Waals surface area (Å²) in [6.45, 7) is 5.96. The second-order valence-corrected chi connectivity index (χ2v) is 8.41. The van der Waals surface area contributed by atoms with Crippen molar-refractivity contribution in [3.63, 3.8) is 0 Å². The highest BCUT2D eigenvalue weighted by Gasteiger charge is 2.15. The van der Waals surface area contributed by atoms with E-state index in [0.29, 0.717) is 17.2 Å². The number of aromatic nitrogens is 3. The summed E-state index contributed by atoms with van der Waals surface area (Å²) < 4.78 is 7.30. The molecule has 0 saturated heterocycles. The fourth-order valence-electron chi connectivity index (χ4n) is 4.34. The lowest BCUT2D eigenvalue weighted by atomic mass is 10.0. The van der Waals surface area contributed by atoms with Gasteiger partial charge in [-0.05, 0) is 67.3 Å². The van der Waals surface area contributed by atoms with Gasteiger partial charge in [-0.3, -0.25) is 9.36 Å². The summed E-state index contributed by atoms with van der Waals surface area (Å²) in [5.74, 6) is 6.90. The van der Waals surface area contributed by atoms with Crippen LogP contribution in [-0.2, 0) is 13.0 Å². The van der Waals surface area contributed by atoms with E-state index in [1.54, 1.807) is 30.0 Å². The standard InChI is InChI=1S/C28H27N5O2/c1-3-5-22-16-23-17-30-28(31-24-8-6-20(7-9-24)21-10-13-29-14-11-21)32-26(23)33(27(22)34)18-25-19(4-2)12-15-35-25/h6-10,12,15-17,29H,4,11,13-14,18H2,1-2H3,(H,30,31,32). The minimum absolute atomic E-state index is 0.199. The number of hydrogen-bond donors (Lipinski definition) is 2. The molecule has 176 valence electrons. The van der Waals surface area contributed by atoms with Crippen LogP contribution in [0.25, 0.3) is 16.6 Å². The molecule has 35 heavy (non-hydrogen) atoms. The topological polar surface area (TPSA) is 85.0 Å². The van der Waals surface area contributed by atoms with Gasteiger partial charge >= 0.3 is 0 Å². The maximum atomic E-state index is 13.3. The number of anilines is 2. The number of pyridine rings is 1. The van der Waals surface area contributed by atoms with E-state index in [9.17, 15) is 4.79 Å². The quantitative estimate of drug-likeness (QED) is 0.408. The first-order valence-electron chi connectivity index (χ1n) is 11.8. The van der Waals surface area contributed by atoms with Crippen LogP contribution in [0, 0.1) is 11.8 Å². The minimum Gasteiger partial charge on any atom is -0.467 e. The second-order valence-electron chi connectivity index (χ2n) is 8.41. The Hall–Kier alpha value is -4.15. The highest BCUT2D eigenvalue weighted by atomic mass is 16.3. The maximum Gasteiger partial charge on any atom is 0.268 e. The maximum absolute atomic E-state index is 13.3. The van der Waals surface area contributed by atoms with Gasteiger partial charge in [-0.15, -0.1) is 5.92 Å². The Kier molecular flexibility index (Phi) is 6.47. The van der Waals surface area contributed by atoms with Crippen LogP contribution in [0.4, 0.5) is 11.6 Å².